The molecule has 2 fully saturated rings. The summed E-state index contributed by atoms with van der Waals surface area (Å²) in [6.45, 7) is 3.55. The summed E-state index contributed by atoms with van der Waals surface area (Å²) in [5.41, 5.74) is 13.1. The minimum Gasteiger partial charge on any atom is -0.357 e. The van der Waals surface area contributed by atoms with Crippen LogP contribution in [0.3, 0.4) is 0 Å². The number of ether oxygens (including phenoxy) is 2. The second-order valence-corrected chi connectivity index (χ2v) is 22.4. The number of carbonyl (C=O) groups excluding carboxylic acids is 2. The molecule has 1 amide bonds. The number of amides is 1. The molecule has 2 aliphatic rings. The Morgan fingerprint density at radius 1 is 0.542 bits per heavy atom. The molecule has 2 saturated heterocycles. The maximum atomic E-state index is 14.2. The van der Waals surface area contributed by atoms with Crippen molar-refractivity contribution in [3.8, 4) is 55.9 Å². The van der Waals surface area contributed by atoms with E-state index in [9.17, 15) is 35.9 Å². The Kier molecular flexibility index (Phi) is 19.9. The van der Waals surface area contributed by atoms with E-state index in [4.69, 9.17) is 9.47 Å². The van der Waals surface area contributed by atoms with Gasteiger partial charge >= 0.3 is 0 Å². The van der Waals surface area contributed by atoms with Gasteiger partial charge in [0, 0.05) is 132 Å². The van der Waals surface area contributed by atoms with Crippen molar-refractivity contribution in [1.82, 2.24) is 74.9 Å². The summed E-state index contributed by atoms with van der Waals surface area (Å²) in [5, 5.41) is 23.3. The van der Waals surface area contributed by atoms with Gasteiger partial charge in [-0.2, -0.15) is 20.4 Å². The lowest BCUT2D eigenvalue weighted by molar-refractivity contribution is -0.0759. The first kappa shape index (κ1) is 64.9. The number of hydrogen-bond acceptors (Lipinski definition) is 15. The summed E-state index contributed by atoms with van der Waals surface area (Å²) in [6.07, 6.45) is 24.5. The van der Waals surface area contributed by atoms with Crippen LogP contribution < -0.4 is 0 Å². The van der Waals surface area contributed by atoms with Crippen LogP contribution in [0.15, 0.2) is 171 Å². The fraction of sp³-hybridized carbons (Fsp3) is 0.200. The number of rotatable bonds is 12. The van der Waals surface area contributed by atoms with Crippen molar-refractivity contribution in [2.45, 2.75) is 64.3 Å². The van der Waals surface area contributed by atoms with Gasteiger partial charge < -0.3 is 9.47 Å². The Morgan fingerprint density at radius 2 is 1.08 bits per heavy atom. The number of ketones is 1. The van der Waals surface area contributed by atoms with Crippen molar-refractivity contribution < 1.29 is 50.2 Å². The van der Waals surface area contributed by atoms with Crippen LogP contribution in [0.4, 0.5) is 26.3 Å². The molecule has 0 radical (unpaired) electrons. The molecule has 12 heterocycles. The second-order valence-electron chi connectivity index (χ2n) is 22.4. The Labute approximate surface area is 544 Å². The molecule has 15 rings (SSSR count). The summed E-state index contributed by atoms with van der Waals surface area (Å²) in [4.78, 5) is 55.5. The number of Topliss-reactive ketones (excluding diaryl/α,β-unsaturated/α-hetero) is 1. The first-order valence-electron chi connectivity index (χ1n) is 30.4. The highest BCUT2D eigenvalue weighted by Gasteiger charge is 2.22. The number of pyridine rings is 6. The molecular formula is C70H59F6N15O5. The van der Waals surface area contributed by atoms with E-state index in [0.29, 0.717) is 51.3 Å². The highest BCUT2D eigenvalue weighted by atomic mass is 19.2. The molecule has 2 aliphatic heterocycles. The van der Waals surface area contributed by atoms with Gasteiger partial charge in [-0.1, -0.05) is 0 Å². The molecule has 13 aromatic rings. The minimum absolute atomic E-state index is 0.0477. The van der Waals surface area contributed by atoms with Gasteiger partial charge in [-0.15, -0.1) is 0 Å². The van der Waals surface area contributed by atoms with Crippen LogP contribution >= 0.6 is 0 Å². The molecule has 2 N–H and O–H groups in total. The van der Waals surface area contributed by atoms with Gasteiger partial charge in [0.15, 0.2) is 5.78 Å². The van der Waals surface area contributed by atoms with Crippen LogP contribution in [-0.4, -0.2) is 114 Å². The summed E-state index contributed by atoms with van der Waals surface area (Å²) in [5.74, 6) is -5.66. The van der Waals surface area contributed by atoms with Crippen molar-refractivity contribution in [3.63, 3.8) is 0 Å². The van der Waals surface area contributed by atoms with Crippen molar-refractivity contribution >= 4 is 44.8 Å². The van der Waals surface area contributed by atoms with E-state index >= 15 is 0 Å². The van der Waals surface area contributed by atoms with Crippen molar-refractivity contribution in [1.29, 1.82) is 0 Å². The predicted octanol–water partition coefficient (Wildman–Crippen LogP) is 14.4. The normalized spacial score (nSPS) is 14.5. The van der Waals surface area contributed by atoms with Gasteiger partial charge in [-0.05, 0) is 136 Å². The first-order valence-corrected chi connectivity index (χ1v) is 30.4. The number of benzene rings is 3. The van der Waals surface area contributed by atoms with Gasteiger partial charge in [0.1, 0.15) is 47.4 Å². The van der Waals surface area contributed by atoms with Crippen molar-refractivity contribution in [3.05, 3.63) is 229 Å². The summed E-state index contributed by atoms with van der Waals surface area (Å²) < 4.78 is 95.4. The van der Waals surface area contributed by atoms with Crippen LogP contribution in [0.25, 0.3) is 89.0 Å². The summed E-state index contributed by atoms with van der Waals surface area (Å²) >= 11 is 0. The highest BCUT2D eigenvalue weighted by Crippen LogP contribution is 2.34. The van der Waals surface area contributed by atoms with Gasteiger partial charge in [0.05, 0.1) is 93.9 Å². The lowest BCUT2D eigenvalue weighted by Gasteiger charge is -2.22. The second kappa shape index (κ2) is 29.4. The van der Waals surface area contributed by atoms with Crippen LogP contribution in [0.2, 0.25) is 0 Å². The minimum atomic E-state index is -0.904. The van der Waals surface area contributed by atoms with Crippen LogP contribution in [0.1, 0.15) is 83.1 Å². The number of carbonyl (C=O) groups is 2. The number of hydroxylamine groups is 2. The molecule has 0 saturated carbocycles. The van der Waals surface area contributed by atoms with Gasteiger partial charge in [-0.25, -0.2) is 45.8 Å². The molecule has 2 atom stereocenters. The van der Waals surface area contributed by atoms with Crippen molar-refractivity contribution in [2.75, 3.05) is 27.4 Å². The molecule has 20 nitrogen and oxygen atoms in total. The number of fused-ring (bicyclic) bond motifs is 3. The zero-order valence-electron chi connectivity index (χ0n) is 51.8. The van der Waals surface area contributed by atoms with E-state index in [1.165, 1.54) is 32.7 Å². The van der Waals surface area contributed by atoms with E-state index in [1.807, 2.05) is 71.4 Å². The first-order chi connectivity index (χ1) is 46.6. The molecule has 96 heavy (non-hydrogen) atoms. The third kappa shape index (κ3) is 15.2. The molecule has 486 valence electrons. The van der Waals surface area contributed by atoms with Crippen LogP contribution in [-0.2, 0) is 20.7 Å². The number of nitrogens with one attached hydrogen (secondary N) is 2. The van der Waals surface area contributed by atoms with Gasteiger partial charge in [-0.3, -0.25) is 49.5 Å². The quantitative estimate of drug-likeness (QED) is 0.0657. The smallest absolute Gasteiger partial charge is 0.280 e. The molecule has 26 heteroatoms. The predicted molar refractivity (Wildman–Crippen MR) is 344 cm³/mol. The topological polar surface area (TPSA) is 235 Å². The maximum absolute atomic E-state index is 14.2. The van der Waals surface area contributed by atoms with Gasteiger partial charge in [0.2, 0.25) is 0 Å². The molecule has 0 bridgehead atoms. The fourth-order valence-corrected chi connectivity index (χ4v) is 10.7. The van der Waals surface area contributed by atoms with Crippen LogP contribution in [0, 0.1) is 41.8 Å². The third-order valence-electron chi connectivity index (χ3n) is 15.8. The zero-order chi connectivity index (χ0) is 66.8. The number of hydrogen-bond donors (Lipinski definition) is 2. The Hall–Kier alpha value is -11.2. The van der Waals surface area contributed by atoms with Crippen LogP contribution in [0.5, 0.6) is 0 Å². The third-order valence-corrected chi connectivity index (χ3v) is 15.8. The van der Waals surface area contributed by atoms with Crippen molar-refractivity contribution in [2.24, 2.45) is 0 Å². The number of H-pyrrole nitrogens is 2. The maximum Gasteiger partial charge on any atom is 0.280 e. The molecule has 10 aromatic heterocycles. The monoisotopic (exact) mass is 1300 g/mol. The number of aromatic amines is 2. The lowest BCUT2D eigenvalue weighted by Crippen LogP contribution is -2.26. The number of aryl methyl sites for hydroxylation is 1. The standard InChI is InChI=1S/C24H20F2N4O2.C20H12F2N6.C17H18N4O.C9H9F2NO2/c25-17-4-6-19(20(26)10-17)23(31)11-18-5-7-21-22(29-18)9-15(12-27-21)16-13-28-30(14-16)24-3-1-2-8-32-24;21-13-1-2-14(16(22)6-13)20-15(10-26-28-20)17-3-4-18-19(27-17)5-11(7-23-18)12-8-24-25-9-12;1-12-5-6-15-16(20-12)8-13(9-18-15)14-10-19-21(11-14)17-4-2-3-7-22-17;1-12(14-2)9(13)7-4-3-6(10)5-8(7)11/h4-7,9-10,12-14,24H,1-3,8,11H2;1-10H,(H,24,25)(H,26,28);5-6,8-11,17H,2-4,7H2,1H3;3-5H,1-2H3. The summed E-state index contributed by atoms with van der Waals surface area (Å²) in [6, 6.07) is 26.0. The average Bonchev–Trinajstić information content (AvgIpc) is 1.54. The van der Waals surface area contributed by atoms with E-state index in [0.717, 1.165) is 136 Å². The lowest BCUT2D eigenvalue weighted by atomic mass is 10.0. The average molecular weight is 1300 g/mol. The SMILES string of the molecule is CON(C)C(=O)c1ccc(F)cc1F.Cc1ccc2ncc(-c3cnn(C4CCCCO4)c3)cc2n1.Fc1ccc(-c2[nH]ncc2-c2ccc3ncc(-c4cn[nH]c4)cc3n2)c(F)c1.O=C(Cc1ccc2ncc(-c3cnn(C4CCCCO4)c3)cc2n1)c1ccc(F)cc1F. The Bertz CT molecular complexity index is 4920. The number of halogens is 6. The summed E-state index contributed by atoms with van der Waals surface area (Å²) in [7, 11) is 2.62. The fourth-order valence-electron chi connectivity index (χ4n) is 10.7. The molecule has 0 aliphatic carbocycles. The number of nitrogens with zero attached hydrogens (tertiary/aromatic N) is 13. The Balaban J connectivity index is 0.000000127. The van der Waals surface area contributed by atoms with E-state index in [-0.39, 0.29) is 35.6 Å². The highest BCUT2D eigenvalue weighted by molar-refractivity contribution is 5.98. The molecule has 3 aromatic carbocycles. The number of aromatic nitrogens is 14. The van der Waals surface area contributed by atoms with Gasteiger partial charge in [0.25, 0.3) is 5.91 Å². The van der Waals surface area contributed by atoms with E-state index in [2.05, 4.69) is 71.4 Å². The van der Waals surface area contributed by atoms with E-state index < -0.39 is 46.6 Å². The molecular weight excluding hydrogens is 1240 g/mol. The zero-order valence-corrected chi connectivity index (χ0v) is 51.8. The molecule has 2 unspecified atom stereocenters. The molecule has 0 spiro atoms. The van der Waals surface area contributed by atoms with E-state index in [1.54, 1.807) is 55.4 Å². The Morgan fingerprint density at radius 3 is 1.64 bits per heavy atom. The largest absolute Gasteiger partial charge is 0.357 e.